The number of benzene rings is 3. The molecule has 8 heteroatoms. The topological polar surface area (TPSA) is 79.0 Å². The summed E-state index contributed by atoms with van der Waals surface area (Å²) >= 11 is 1.67. The van der Waals surface area contributed by atoms with Crippen LogP contribution in [-0.4, -0.2) is 60.0 Å². The molecule has 7 nitrogen and oxygen atoms in total. The van der Waals surface area contributed by atoms with Crippen LogP contribution in [0.2, 0.25) is 0 Å². The minimum absolute atomic E-state index is 0.114. The van der Waals surface area contributed by atoms with Gasteiger partial charge in [-0.05, 0) is 79.6 Å². The third-order valence-electron chi connectivity index (χ3n) is 7.33. The second kappa shape index (κ2) is 13.9. The van der Waals surface area contributed by atoms with Crippen molar-refractivity contribution in [3.63, 3.8) is 0 Å². The number of likely N-dealkylation sites (N-methyl/N-ethyl adjacent to an activating group) is 2. The molecule has 43 heavy (non-hydrogen) atoms. The molecule has 0 aliphatic heterocycles. The molecule has 1 unspecified atom stereocenters. The Morgan fingerprint density at radius 1 is 0.907 bits per heavy atom. The van der Waals surface area contributed by atoms with E-state index in [-0.39, 0.29) is 17.9 Å². The lowest BCUT2D eigenvalue weighted by Gasteiger charge is -2.31. The van der Waals surface area contributed by atoms with Crippen molar-refractivity contribution in [1.82, 2.24) is 15.1 Å². The van der Waals surface area contributed by atoms with Gasteiger partial charge in [-0.15, -0.1) is 11.3 Å². The van der Waals surface area contributed by atoms with E-state index in [0.29, 0.717) is 18.5 Å². The van der Waals surface area contributed by atoms with E-state index in [1.165, 1.54) is 4.88 Å². The van der Waals surface area contributed by atoms with E-state index in [4.69, 9.17) is 4.74 Å². The number of hydrogen-bond donors (Lipinski definition) is 1. The molecular formula is C35H41N3O4S. The van der Waals surface area contributed by atoms with Crippen molar-refractivity contribution in [2.75, 3.05) is 20.6 Å². The van der Waals surface area contributed by atoms with Gasteiger partial charge in [0.15, 0.2) is 0 Å². The normalized spacial score (nSPS) is 12.8. The van der Waals surface area contributed by atoms with E-state index < -0.39 is 17.7 Å². The van der Waals surface area contributed by atoms with E-state index in [1.54, 1.807) is 53.4 Å². The van der Waals surface area contributed by atoms with Crippen molar-refractivity contribution in [2.24, 2.45) is 0 Å². The second-order valence-corrected chi connectivity index (χ2v) is 12.9. The number of rotatable bonds is 10. The molecule has 4 rings (SSSR count). The quantitative estimate of drug-likeness (QED) is 0.216. The molecular weight excluding hydrogens is 558 g/mol. The van der Waals surface area contributed by atoms with Crippen LogP contribution in [0.4, 0.5) is 4.79 Å². The van der Waals surface area contributed by atoms with Crippen LogP contribution in [0.3, 0.4) is 0 Å². The fourth-order valence-corrected chi connectivity index (χ4v) is 5.63. The lowest BCUT2D eigenvalue weighted by molar-refractivity contribution is -0.134. The second-order valence-electron chi connectivity index (χ2n) is 11.9. The van der Waals surface area contributed by atoms with Gasteiger partial charge < -0.3 is 19.9 Å². The van der Waals surface area contributed by atoms with Gasteiger partial charge in [0.2, 0.25) is 5.91 Å². The molecule has 0 radical (unpaired) electrons. The molecule has 0 spiro atoms. The Labute approximate surface area is 258 Å². The highest BCUT2D eigenvalue weighted by Crippen LogP contribution is 2.22. The molecule has 0 bridgehead atoms. The average molecular weight is 600 g/mol. The highest BCUT2D eigenvalue weighted by Gasteiger charge is 2.30. The standard InChI is InChI=1S/C35H41N3O4S/c1-24(36-34(41)42-35(2,3)4)27-13-9-14-29(23-27)32(39)38(6)31(33(40)37(5)19-18-30-15-10-20-43-30)22-25-16-17-26-11-7-8-12-28(26)21-25/h7-17,20-21,23-24,31H,18-19,22H2,1-6H3,(H,36,41)/t24?,31-/m1/s1. The number of ether oxygens (including phenoxy) is 1. The summed E-state index contributed by atoms with van der Waals surface area (Å²) in [7, 11) is 3.49. The van der Waals surface area contributed by atoms with E-state index in [1.807, 2.05) is 63.4 Å². The molecule has 3 aromatic carbocycles. The van der Waals surface area contributed by atoms with E-state index in [9.17, 15) is 14.4 Å². The first-order valence-corrected chi connectivity index (χ1v) is 15.4. The van der Waals surface area contributed by atoms with Gasteiger partial charge in [0.1, 0.15) is 11.6 Å². The fourth-order valence-electron chi connectivity index (χ4n) is 4.93. The first-order chi connectivity index (χ1) is 20.4. The molecule has 3 amide bonds. The predicted octanol–water partition coefficient (Wildman–Crippen LogP) is 6.87. The van der Waals surface area contributed by atoms with Crippen LogP contribution in [-0.2, 0) is 22.4 Å². The zero-order valence-corrected chi connectivity index (χ0v) is 26.6. The maximum Gasteiger partial charge on any atom is 0.408 e. The third kappa shape index (κ3) is 8.67. The van der Waals surface area contributed by atoms with Gasteiger partial charge in [-0.1, -0.05) is 60.7 Å². The lowest BCUT2D eigenvalue weighted by atomic mass is 9.99. The zero-order chi connectivity index (χ0) is 31.1. The number of carbonyl (C=O) groups is 3. The van der Waals surface area contributed by atoms with E-state index >= 15 is 0 Å². The molecule has 0 saturated carbocycles. The van der Waals surface area contributed by atoms with Crippen LogP contribution < -0.4 is 5.32 Å². The highest BCUT2D eigenvalue weighted by atomic mass is 32.1. The van der Waals surface area contributed by atoms with E-state index in [0.717, 1.165) is 28.3 Å². The number of fused-ring (bicyclic) bond motifs is 1. The largest absolute Gasteiger partial charge is 0.444 e. The number of nitrogens with one attached hydrogen (secondary N) is 1. The van der Waals surface area contributed by atoms with Crippen LogP contribution in [0.25, 0.3) is 10.8 Å². The van der Waals surface area contributed by atoms with Crippen molar-refractivity contribution in [1.29, 1.82) is 0 Å². The summed E-state index contributed by atoms with van der Waals surface area (Å²) in [5.74, 6) is -0.381. The lowest BCUT2D eigenvalue weighted by Crippen LogP contribution is -2.49. The maximum absolute atomic E-state index is 13.9. The van der Waals surface area contributed by atoms with Crippen molar-refractivity contribution in [2.45, 2.75) is 58.2 Å². The maximum atomic E-state index is 13.9. The molecule has 1 aromatic heterocycles. The summed E-state index contributed by atoms with van der Waals surface area (Å²) in [5, 5.41) is 7.07. The first kappa shape index (κ1) is 31.8. The molecule has 1 heterocycles. The van der Waals surface area contributed by atoms with E-state index in [2.05, 4.69) is 35.6 Å². The number of carbonyl (C=O) groups excluding carboxylic acids is 3. The average Bonchev–Trinajstić information content (AvgIpc) is 3.50. The van der Waals surface area contributed by atoms with Crippen molar-refractivity contribution in [3.05, 3.63) is 106 Å². The fraction of sp³-hybridized carbons (Fsp3) is 0.343. The first-order valence-electron chi connectivity index (χ1n) is 14.5. The van der Waals surface area contributed by atoms with Crippen LogP contribution in [0.5, 0.6) is 0 Å². The summed E-state index contributed by atoms with van der Waals surface area (Å²) in [4.78, 5) is 44.6. The van der Waals surface area contributed by atoms with Gasteiger partial charge in [-0.25, -0.2) is 4.79 Å². The summed E-state index contributed by atoms with van der Waals surface area (Å²) < 4.78 is 5.39. The molecule has 0 fully saturated rings. The minimum Gasteiger partial charge on any atom is -0.444 e. The van der Waals surface area contributed by atoms with Crippen molar-refractivity contribution >= 4 is 40.0 Å². The molecule has 1 N–H and O–H groups in total. The van der Waals surface area contributed by atoms with Crippen LogP contribution in [0.1, 0.15) is 60.1 Å². The van der Waals surface area contributed by atoms with Gasteiger partial charge in [0.25, 0.3) is 5.91 Å². The number of thiophene rings is 1. The summed E-state index contributed by atoms with van der Waals surface area (Å²) in [6, 6.07) is 24.4. The molecule has 0 saturated heterocycles. The molecule has 0 aliphatic carbocycles. The predicted molar refractivity (Wildman–Crippen MR) is 173 cm³/mol. The Bertz CT molecular complexity index is 1560. The summed E-state index contributed by atoms with van der Waals surface area (Å²) in [6.07, 6.45) is 0.608. The van der Waals surface area contributed by atoms with Crippen LogP contribution in [0.15, 0.2) is 84.2 Å². The van der Waals surface area contributed by atoms with Crippen LogP contribution >= 0.6 is 11.3 Å². The summed E-state index contributed by atoms with van der Waals surface area (Å²) in [5.41, 5.74) is 1.56. The van der Waals surface area contributed by atoms with Gasteiger partial charge in [0, 0.05) is 37.5 Å². The SMILES string of the molecule is CC(NC(=O)OC(C)(C)C)c1cccc(C(=O)N(C)[C@H](Cc2ccc3ccccc3c2)C(=O)N(C)CCc2cccs2)c1. The Morgan fingerprint density at radius 2 is 1.65 bits per heavy atom. The molecule has 0 aliphatic rings. The number of nitrogens with zero attached hydrogens (tertiary/aromatic N) is 2. The Hall–Kier alpha value is -4.17. The smallest absolute Gasteiger partial charge is 0.408 e. The van der Waals surface area contributed by atoms with Crippen molar-refractivity contribution < 1.29 is 19.1 Å². The van der Waals surface area contributed by atoms with Gasteiger partial charge >= 0.3 is 6.09 Å². The monoisotopic (exact) mass is 599 g/mol. The zero-order valence-electron chi connectivity index (χ0n) is 25.8. The van der Waals surface area contributed by atoms with Crippen LogP contribution in [0, 0.1) is 0 Å². The molecule has 2 atom stereocenters. The van der Waals surface area contributed by atoms with Gasteiger partial charge in [-0.3, -0.25) is 9.59 Å². The Morgan fingerprint density at radius 3 is 2.35 bits per heavy atom. The highest BCUT2D eigenvalue weighted by molar-refractivity contribution is 7.09. The molecule has 226 valence electrons. The number of amides is 3. The minimum atomic E-state index is -0.706. The Kier molecular flexibility index (Phi) is 10.2. The van der Waals surface area contributed by atoms with Gasteiger partial charge in [-0.2, -0.15) is 0 Å². The number of hydrogen-bond acceptors (Lipinski definition) is 5. The Balaban J connectivity index is 1.56. The van der Waals surface area contributed by atoms with Crippen molar-refractivity contribution in [3.8, 4) is 0 Å². The third-order valence-corrected chi connectivity index (χ3v) is 8.27. The molecule has 4 aromatic rings. The van der Waals surface area contributed by atoms with Gasteiger partial charge in [0.05, 0.1) is 6.04 Å². The number of alkyl carbamates (subject to hydrolysis) is 1. The summed E-state index contributed by atoms with van der Waals surface area (Å²) in [6.45, 7) is 7.82.